The van der Waals surface area contributed by atoms with Crippen molar-refractivity contribution in [2.75, 3.05) is 17.6 Å². The van der Waals surface area contributed by atoms with Crippen molar-refractivity contribution in [3.63, 3.8) is 0 Å². The Morgan fingerprint density at radius 1 is 1.20 bits per heavy atom. The second kappa shape index (κ2) is 6.89. The lowest BCUT2D eigenvalue weighted by Crippen LogP contribution is -2.36. The molecule has 3 atom stereocenters. The van der Waals surface area contributed by atoms with Gasteiger partial charge in [0, 0.05) is 24.2 Å². The number of aryl methyl sites for hydroxylation is 1. The van der Waals surface area contributed by atoms with E-state index in [1.165, 1.54) is 6.42 Å². The summed E-state index contributed by atoms with van der Waals surface area (Å²) < 4.78 is 0. The summed E-state index contributed by atoms with van der Waals surface area (Å²) in [5.41, 5.74) is 14.5. The molecule has 8 heteroatoms. The summed E-state index contributed by atoms with van der Waals surface area (Å²) in [6, 6.07) is 6.44. The van der Waals surface area contributed by atoms with Crippen molar-refractivity contribution < 1.29 is 0 Å². The van der Waals surface area contributed by atoms with Crippen LogP contribution in [0.3, 0.4) is 0 Å². The predicted molar refractivity (Wildman–Crippen MR) is 95.5 cm³/mol. The number of nitrogen functional groups attached to an aromatic ring is 1. The van der Waals surface area contributed by atoms with Crippen LogP contribution in [-0.4, -0.2) is 32.5 Å². The normalized spacial score (nSPS) is 25.6. The summed E-state index contributed by atoms with van der Waals surface area (Å²) >= 11 is 0. The molecular weight excluding hydrogens is 316 g/mol. The van der Waals surface area contributed by atoms with Crippen LogP contribution in [0, 0.1) is 12.8 Å². The number of rotatable bonds is 4. The van der Waals surface area contributed by atoms with E-state index in [9.17, 15) is 0 Å². The maximum absolute atomic E-state index is 5.92. The third kappa shape index (κ3) is 3.69. The molecule has 1 saturated heterocycles. The lowest BCUT2D eigenvalue weighted by atomic mass is 9.79. The van der Waals surface area contributed by atoms with Crippen LogP contribution >= 0.6 is 0 Å². The molecule has 1 aliphatic carbocycles. The van der Waals surface area contributed by atoms with E-state index >= 15 is 0 Å². The molecule has 2 aliphatic rings. The van der Waals surface area contributed by atoms with E-state index in [0.29, 0.717) is 30.4 Å². The largest absolute Gasteiger partial charge is 0.368 e. The van der Waals surface area contributed by atoms with Crippen LogP contribution in [0.5, 0.6) is 0 Å². The second-order valence-electron chi connectivity index (χ2n) is 6.90. The number of hydrogen-bond acceptors (Lipinski definition) is 8. The number of aromatic nitrogens is 4. The van der Waals surface area contributed by atoms with E-state index in [2.05, 4.69) is 36.1 Å². The van der Waals surface area contributed by atoms with Gasteiger partial charge in [-0.15, -0.1) is 0 Å². The number of hydrazine groups is 1. The van der Waals surface area contributed by atoms with Crippen molar-refractivity contribution in [3.8, 4) is 0 Å². The highest BCUT2D eigenvalue weighted by atomic mass is 15.4. The van der Waals surface area contributed by atoms with E-state index in [1.807, 2.05) is 25.1 Å². The fourth-order valence-corrected chi connectivity index (χ4v) is 3.75. The van der Waals surface area contributed by atoms with Gasteiger partial charge in [-0.1, -0.05) is 6.07 Å². The van der Waals surface area contributed by atoms with Gasteiger partial charge in [-0.2, -0.15) is 15.0 Å². The Morgan fingerprint density at radius 3 is 3.00 bits per heavy atom. The van der Waals surface area contributed by atoms with Crippen molar-refractivity contribution in [3.05, 3.63) is 35.4 Å². The summed E-state index contributed by atoms with van der Waals surface area (Å²) in [6.45, 7) is 3.59. The van der Waals surface area contributed by atoms with Crippen LogP contribution in [0.4, 0.5) is 11.9 Å². The minimum atomic E-state index is 0.268. The highest BCUT2D eigenvalue weighted by molar-refractivity contribution is 5.32. The zero-order chi connectivity index (χ0) is 17.2. The Balaban J connectivity index is 1.46. The molecule has 2 fully saturated rings. The van der Waals surface area contributed by atoms with Gasteiger partial charge in [0.1, 0.15) is 5.82 Å². The molecule has 0 radical (unpaired) electrons. The van der Waals surface area contributed by atoms with Crippen LogP contribution in [-0.2, 0) is 6.54 Å². The lowest BCUT2D eigenvalue weighted by molar-refractivity contribution is 0.296. The molecule has 0 spiro atoms. The molecule has 4 rings (SSSR count). The highest BCUT2D eigenvalue weighted by Gasteiger charge is 2.35. The first-order chi connectivity index (χ1) is 12.2. The Bertz CT molecular complexity index is 749. The Kier molecular flexibility index (Phi) is 4.46. The first-order valence-electron chi connectivity index (χ1n) is 8.83. The quantitative estimate of drug-likeness (QED) is 0.655. The Labute approximate surface area is 147 Å². The molecule has 25 heavy (non-hydrogen) atoms. The van der Waals surface area contributed by atoms with Crippen LogP contribution in [0.2, 0.25) is 0 Å². The van der Waals surface area contributed by atoms with Crippen molar-refractivity contribution in [2.45, 2.75) is 44.7 Å². The standard InChI is InChI=1S/C17H24N8/c1-10-3-2-4-13(21-10)9-19-17-23-15(22-16(18)24-17)11-5-6-12-8-20-25-14(12)7-11/h2-4,11-12,14,20,25H,5-9H2,1H3,(H3,18,19,22,23,24). The molecule has 0 bridgehead atoms. The van der Waals surface area contributed by atoms with Gasteiger partial charge in [0.05, 0.1) is 12.2 Å². The first kappa shape index (κ1) is 16.2. The van der Waals surface area contributed by atoms with Gasteiger partial charge in [0.25, 0.3) is 0 Å². The summed E-state index contributed by atoms with van der Waals surface area (Å²) in [5, 5.41) is 3.22. The molecule has 0 aromatic carbocycles. The minimum Gasteiger partial charge on any atom is -0.368 e. The summed E-state index contributed by atoms with van der Waals surface area (Å²) in [5.74, 6) is 2.60. The molecule has 1 aliphatic heterocycles. The van der Waals surface area contributed by atoms with Gasteiger partial charge in [-0.25, -0.2) is 0 Å². The number of nitrogens with zero attached hydrogens (tertiary/aromatic N) is 4. The third-order valence-electron chi connectivity index (χ3n) is 5.05. The fraction of sp³-hybridized carbons (Fsp3) is 0.529. The van der Waals surface area contributed by atoms with Crippen molar-refractivity contribution in [2.24, 2.45) is 5.92 Å². The number of nitrogens with two attached hydrogens (primary N) is 1. The zero-order valence-electron chi connectivity index (χ0n) is 14.4. The molecule has 2 aromatic heterocycles. The van der Waals surface area contributed by atoms with E-state index in [4.69, 9.17) is 5.73 Å². The van der Waals surface area contributed by atoms with E-state index in [1.54, 1.807) is 0 Å². The van der Waals surface area contributed by atoms with Crippen LogP contribution in [0.15, 0.2) is 18.2 Å². The second-order valence-corrected chi connectivity index (χ2v) is 6.90. The van der Waals surface area contributed by atoms with Gasteiger partial charge < -0.3 is 11.1 Å². The van der Waals surface area contributed by atoms with Gasteiger partial charge in [-0.3, -0.25) is 15.8 Å². The van der Waals surface area contributed by atoms with Gasteiger partial charge in [0.15, 0.2) is 0 Å². The van der Waals surface area contributed by atoms with Crippen molar-refractivity contribution in [1.29, 1.82) is 0 Å². The van der Waals surface area contributed by atoms with Crippen LogP contribution in [0.25, 0.3) is 0 Å². The van der Waals surface area contributed by atoms with Crippen LogP contribution in [0.1, 0.15) is 42.4 Å². The molecule has 8 nitrogen and oxygen atoms in total. The maximum Gasteiger partial charge on any atom is 0.228 e. The highest BCUT2D eigenvalue weighted by Crippen LogP contribution is 2.35. The molecule has 2 aromatic rings. The van der Waals surface area contributed by atoms with Gasteiger partial charge >= 0.3 is 0 Å². The molecule has 3 heterocycles. The molecule has 132 valence electrons. The lowest BCUT2D eigenvalue weighted by Gasteiger charge is -2.29. The average molecular weight is 340 g/mol. The van der Waals surface area contributed by atoms with Gasteiger partial charge in [0.2, 0.25) is 11.9 Å². The maximum atomic E-state index is 5.92. The number of hydrogen-bond donors (Lipinski definition) is 4. The first-order valence-corrected chi connectivity index (χ1v) is 8.83. The van der Waals surface area contributed by atoms with Crippen molar-refractivity contribution >= 4 is 11.9 Å². The van der Waals surface area contributed by atoms with Crippen molar-refractivity contribution in [1.82, 2.24) is 30.8 Å². The molecule has 3 unspecified atom stereocenters. The van der Waals surface area contributed by atoms with E-state index in [-0.39, 0.29) is 5.95 Å². The third-order valence-corrected chi connectivity index (χ3v) is 5.05. The monoisotopic (exact) mass is 340 g/mol. The smallest absolute Gasteiger partial charge is 0.228 e. The Hall–Kier alpha value is -2.32. The van der Waals surface area contributed by atoms with Gasteiger partial charge in [-0.05, 0) is 44.2 Å². The summed E-state index contributed by atoms with van der Waals surface area (Å²) in [7, 11) is 0. The van der Waals surface area contributed by atoms with Crippen LogP contribution < -0.4 is 21.9 Å². The summed E-state index contributed by atoms with van der Waals surface area (Å²) in [4.78, 5) is 17.7. The summed E-state index contributed by atoms with van der Waals surface area (Å²) in [6.07, 6.45) is 3.30. The number of nitrogens with one attached hydrogen (secondary N) is 3. The minimum absolute atomic E-state index is 0.268. The van der Waals surface area contributed by atoms with E-state index in [0.717, 1.165) is 36.6 Å². The number of anilines is 2. The molecular formula is C17H24N8. The fourth-order valence-electron chi connectivity index (χ4n) is 3.75. The number of fused-ring (bicyclic) bond motifs is 1. The molecule has 0 amide bonds. The molecule has 5 N–H and O–H groups in total. The Morgan fingerprint density at radius 2 is 2.12 bits per heavy atom. The number of pyridine rings is 1. The van der Waals surface area contributed by atoms with E-state index < -0.39 is 0 Å². The molecule has 1 saturated carbocycles. The zero-order valence-corrected chi connectivity index (χ0v) is 14.4. The average Bonchev–Trinajstić information content (AvgIpc) is 3.07. The topological polar surface area (TPSA) is 114 Å². The predicted octanol–water partition coefficient (Wildman–Crippen LogP) is 1.13. The SMILES string of the molecule is Cc1cccc(CNc2nc(N)nc(C3CCC4CNNC4C3)n2)n1.